The third-order valence-corrected chi connectivity index (χ3v) is 5.59. The van der Waals surface area contributed by atoms with Gasteiger partial charge in [-0.25, -0.2) is 0 Å². The van der Waals surface area contributed by atoms with Gasteiger partial charge < -0.3 is 14.1 Å². The first-order valence-electron chi connectivity index (χ1n) is 9.30. The van der Waals surface area contributed by atoms with Crippen molar-refractivity contribution in [2.45, 2.75) is 17.2 Å². The molecule has 2 heterocycles. The van der Waals surface area contributed by atoms with Gasteiger partial charge in [0.05, 0.1) is 13.0 Å². The Labute approximate surface area is 177 Å². The molecule has 0 unspecified atom stereocenters. The molecule has 0 spiro atoms. The van der Waals surface area contributed by atoms with E-state index in [0.717, 1.165) is 10.6 Å². The Morgan fingerprint density at radius 1 is 1.23 bits per heavy atom. The number of amides is 2. The van der Waals surface area contributed by atoms with Crippen molar-refractivity contribution in [1.29, 1.82) is 0 Å². The summed E-state index contributed by atoms with van der Waals surface area (Å²) in [5, 5.41) is 10.5. The van der Waals surface area contributed by atoms with Crippen LogP contribution < -0.4 is 15.0 Å². The highest BCUT2D eigenvalue weighted by molar-refractivity contribution is 7.98. The van der Waals surface area contributed by atoms with Crippen LogP contribution in [-0.2, 0) is 4.79 Å². The van der Waals surface area contributed by atoms with Gasteiger partial charge in [-0.1, -0.05) is 11.2 Å². The van der Waals surface area contributed by atoms with E-state index in [0.29, 0.717) is 23.7 Å². The number of hydrogen-bond donors (Lipinski definition) is 1. The van der Waals surface area contributed by atoms with Gasteiger partial charge in [0.15, 0.2) is 0 Å². The molecule has 0 bridgehead atoms. The Balaban J connectivity index is 1.43. The molecule has 9 heteroatoms. The average molecular weight is 424 g/mol. The first-order valence-corrected chi connectivity index (χ1v) is 10.5. The predicted molar refractivity (Wildman–Crippen MR) is 113 cm³/mol. The Hall–Kier alpha value is -3.33. The number of carbonyl (C=O) groups is 2. The second-order valence-electron chi connectivity index (χ2n) is 6.73. The summed E-state index contributed by atoms with van der Waals surface area (Å²) in [4.78, 5) is 27.7. The van der Waals surface area contributed by atoms with Crippen molar-refractivity contribution < 1.29 is 18.7 Å². The van der Waals surface area contributed by atoms with Crippen molar-refractivity contribution in [3.8, 4) is 5.75 Å². The molecule has 0 aliphatic carbocycles. The number of ether oxygens (including phenoxy) is 1. The zero-order valence-electron chi connectivity index (χ0n) is 16.5. The second-order valence-corrected chi connectivity index (χ2v) is 7.61. The van der Waals surface area contributed by atoms with Crippen LogP contribution in [0.3, 0.4) is 0 Å². The summed E-state index contributed by atoms with van der Waals surface area (Å²) < 4.78 is 10.7. The summed E-state index contributed by atoms with van der Waals surface area (Å²) in [7, 11) is 1.53. The van der Waals surface area contributed by atoms with Gasteiger partial charge in [-0.15, -0.1) is 16.9 Å². The molecule has 2 aromatic carbocycles. The number of rotatable bonds is 6. The number of nitrogens with one attached hydrogen (secondary N) is 1. The highest BCUT2D eigenvalue weighted by Crippen LogP contribution is 2.32. The second kappa shape index (κ2) is 8.58. The summed E-state index contributed by atoms with van der Waals surface area (Å²) in [6.45, 7) is 0.447. The van der Waals surface area contributed by atoms with Crippen molar-refractivity contribution in [2.75, 3.05) is 30.1 Å². The van der Waals surface area contributed by atoms with Crippen molar-refractivity contribution in [2.24, 2.45) is 0 Å². The Kier molecular flexibility index (Phi) is 5.71. The van der Waals surface area contributed by atoms with E-state index in [1.54, 1.807) is 40.9 Å². The van der Waals surface area contributed by atoms with Crippen LogP contribution in [0.2, 0.25) is 0 Å². The van der Waals surface area contributed by atoms with Gasteiger partial charge in [-0.3, -0.25) is 14.9 Å². The molecule has 8 nitrogen and oxygen atoms in total. The number of benzene rings is 2. The number of nitrogens with zero attached hydrogens (tertiary/aromatic N) is 3. The number of aromatic nitrogens is 2. The first-order chi connectivity index (χ1) is 14.6. The maximum absolute atomic E-state index is 12.5. The number of thioether (sulfide) groups is 1. The van der Waals surface area contributed by atoms with Gasteiger partial charge in [-0.2, -0.15) is 0 Å². The minimum Gasteiger partial charge on any atom is -0.497 e. The first kappa shape index (κ1) is 20.0. The molecule has 0 radical (unpaired) electrons. The van der Waals surface area contributed by atoms with Crippen LogP contribution in [0, 0.1) is 0 Å². The molecule has 154 valence electrons. The van der Waals surface area contributed by atoms with E-state index in [-0.39, 0.29) is 30.2 Å². The molecule has 2 amide bonds. The fourth-order valence-electron chi connectivity index (χ4n) is 3.27. The highest BCUT2D eigenvalue weighted by Gasteiger charge is 2.35. The minimum absolute atomic E-state index is 0.00272. The molecular weight excluding hydrogens is 404 g/mol. The van der Waals surface area contributed by atoms with Crippen molar-refractivity contribution in [3.63, 3.8) is 0 Å². The van der Waals surface area contributed by atoms with Gasteiger partial charge >= 0.3 is 6.01 Å². The summed E-state index contributed by atoms with van der Waals surface area (Å²) in [6.07, 6.45) is 2.28. The molecule has 1 aromatic heterocycles. The van der Waals surface area contributed by atoms with E-state index in [1.807, 2.05) is 30.5 Å². The lowest BCUT2D eigenvalue weighted by Crippen LogP contribution is -2.24. The number of anilines is 2. The molecule has 1 fully saturated rings. The van der Waals surface area contributed by atoms with Crippen molar-refractivity contribution in [1.82, 2.24) is 10.2 Å². The quantitative estimate of drug-likeness (QED) is 0.604. The fourth-order valence-corrected chi connectivity index (χ4v) is 3.68. The van der Waals surface area contributed by atoms with Crippen LogP contribution >= 0.6 is 11.8 Å². The molecule has 1 aliphatic heterocycles. The molecule has 0 saturated carbocycles. The van der Waals surface area contributed by atoms with Crippen LogP contribution in [0.25, 0.3) is 0 Å². The van der Waals surface area contributed by atoms with Crippen LogP contribution in [0.1, 0.15) is 28.6 Å². The standard InChI is InChI=1S/C21H20N4O4S/c1-28-16-5-3-4-13(10-16)19(27)22-21-24-23-20(29-21)14-11-18(26)25(12-14)15-6-8-17(30-2)9-7-15/h3-10,14H,11-12H2,1-2H3,(H,22,24,27)/t14-/m1/s1. The van der Waals surface area contributed by atoms with Crippen molar-refractivity contribution >= 4 is 35.3 Å². The summed E-state index contributed by atoms with van der Waals surface area (Å²) in [6, 6.07) is 14.6. The predicted octanol–water partition coefficient (Wildman–Crippen LogP) is 3.57. The SMILES string of the molecule is COc1cccc(C(=O)Nc2nnc([C@@H]3CC(=O)N(c4ccc(SC)cc4)C3)o2)c1. The Bertz CT molecular complexity index is 1070. The molecule has 1 aliphatic rings. The molecule has 1 atom stereocenters. The van der Waals surface area contributed by atoms with Crippen LogP contribution in [0.5, 0.6) is 5.75 Å². The normalized spacial score (nSPS) is 16.0. The number of methoxy groups -OCH3 is 1. The lowest BCUT2D eigenvalue weighted by atomic mass is 10.1. The average Bonchev–Trinajstić information content (AvgIpc) is 3.40. The minimum atomic E-state index is -0.387. The monoisotopic (exact) mass is 424 g/mol. The van der Waals surface area contributed by atoms with E-state index in [2.05, 4.69) is 15.5 Å². The topological polar surface area (TPSA) is 97.6 Å². The molecule has 1 saturated heterocycles. The van der Waals surface area contributed by atoms with Crippen LogP contribution in [0.4, 0.5) is 11.7 Å². The van der Waals surface area contributed by atoms with E-state index in [1.165, 1.54) is 7.11 Å². The Morgan fingerprint density at radius 3 is 2.77 bits per heavy atom. The van der Waals surface area contributed by atoms with Gasteiger partial charge in [-0.05, 0) is 48.7 Å². The Morgan fingerprint density at radius 2 is 2.03 bits per heavy atom. The van der Waals surface area contributed by atoms with Crippen LogP contribution in [-0.4, -0.2) is 41.9 Å². The molecule has 3 aromatic rings. The maximum atomic E-state index is 12.5. The largest absolute Gasteiger partial charge is 0.497 e. The maximum Gasteiger partial charge on any atom is 0.322 e. The van der Waals surface area contributed by atoms with E-state index in [4.69, 9.17) is 9.15 Å². The fraction of sp³-hybridized carbons (Fsp3) is 0.238. The van der Waals surface area contributed by atoms with Gasteiger partial charge in [0, 0.05) is 29.1 Å². The lowest BCUT2D eigenvalue weighted by Gasteiger charge is -2.16. The summed E-state index contributed by atoms with van der Waals surface area (Å²) >= 11 is 1.65. The van der Waals surface area contributed by atoms with Crippen LogP contribution in [0.15, 0.2) is 57.8 Å². The molecule has 1 N–H and O–H groups in total. The molecular formula is C21H20N4O4S. The summed E-state index contributed by atoms with van der Waals surface area (Å²) in [5.41, 5.74) is 1.25. The third kappa shape index (κ3) is 4.16. The van der Waals surface area contributed by atoms with E-state index >= 15 is 0 Å². The molecule has 30 heavy (non-hydrogen) atoms. The third-order valence-electron chi connectivity index (χ3n) is 4.85. The highest BCUT2D eigenvalue weighted by atomic mass is 32.2. The summed E-state index contributed by atoms with van der Waals surface area (Å²) in [5.74, 6) is 0.281. The van der Waals surface area contributed by atoms with E-state index in [9.17, 15) is 9.59 Å². The smallest absolute Gasteiger partial charge is 0.322 e. The zero-order valence-corrected chi connectivity index (χ0v) is 17.3. The van der Waals surface area contributed by atoms with E-state index < -0.39 is 0 Å². The number of carbonyl (C=O) groups excluding carboxylic acids is 2. The molecule has 4 rings (SSSR count). The lowest BCUT2D eigenvalue weighted by molar-refractivity contribution is -0.117. The van der Waals surface area contributed by atoms with Gasteiger partial charge in [0.25, 0.3) is 5.91 Å². The van der Waals surface area contributed by atoms with Gasteiger partial charge in [0.1, 0.15) is 5.75 Å². The van der Waals surface area contributed by atoms with Gasteiger partial charge in [0.2, 0.25) is 11.8 Å². The number of hydrogen-bond acceptors (Lipinski definition) is 7. The van der Waals surface area contributed by atoms with Crippen molar-refractivity contribution in [3.05, 3.63) is 60.0 Å². The zero-order chi connectivity index (χ0) is 21.1.